The van der Waals surface area contributed by atoms with Gasteiger partial charge in [-0.05, 0) is 55.0 Å². The highest BCUT2D eigenvalue weighted by Gasteiger charge is 2.51. The largest absolute Gasteiger partial charge is 0.325 e. The predicted molar refractivity (Wildman–Crippen MR) is 91.9 cm³/mol. The number of thioether (sulfide) groups is 1. The minimum Gasteiger partial charge on any atom is -0.325 e. The van der Waals surface area contributed by atoms with Crippen LogP contribution in [0.3, 0.4) is 0 Å². The molecule has 4 heteroatoms. The molecule has 1 N–H and O–H groups in total. The molecular formula is C17H16BrNOS. The van der Waals surface area contributed by atoms with Crippen LogP contribution in [0.25, 0.3) is 0 Å². The van der Waals surface area contributed by atoms with Gasteiger partial charge in [0.1, 0.15) is 0 Å². The summed E-state index contributed by atoms with van der Waals surface area (Å²) in [7, 11) is 0. The van der Waals surface area contributed by atoms with E-state index in [1.54, 1.807) is 11.8 Å². The number of hydrogen-bond acceptors (Lipinski definition) is 2. The molecule has 1 fully saturated rings. The number of hydrogen-bond donors (Lipinski definition) is 1. The average Bonchev–Trinajstić information content (AvgIpc) is 3.30. The second kappa shape index (κ2) is 5.85. The first-order valence-corrected chi connectivity index (χ1v) is 8.87. The van der Waals surface area contributed by atoms with E-state index in [0.29, 0.717) is 0 Å². The SMILES string of the molecule is CSc1cccc(NC(=O)C2(c3ccc(Br)cc3)CC2)c1. The predicted octanol–water partition coefficient (Wildman–Crippen LogP) is 4.84. The lowest BCUT2D eigenvalue weighted by molar-refractivity contribution is -0.118. The molecule has 0 atom stereocenters. The number of rotatable bonds is 4. The van der Waals surface area contributed by atoms with Crippen molar-refractivity contribution in [3.63, 3.8) is 0 Å². The third-order valence-corrected chi connectivity index (χ3v) is 5.16. The summed E-state index contributed by atoms with van der Waals surface area (Å²) in [5.74, 6) is 0.100. The maximum absolute atomic E-state index is 12.7. The van der Waals surface area contributed by atoms with Crippen molar-refractivity contribution in [2.75, 3.05) is 11.6 Å². The Bertz CT molecular complexity index is 665. The highest BCUT2D eigenvalue weighted by atomic mass is 79.9. The molecule has 0 aromatic heterocycles. The van der Waals surface area contributed by atoms with Crippen LogP contribution in [0.5, 0.6) is 0 Å². The monoisotopic (exact) mass is 361 g/mol. The molecule has 1 aliphatic rings. The summed E-state index contributed by atoms with van der Waals surface area (Å²) in [6, 6.07) is 16.0. The van der Waals surface area contributed by atoms with Gasteiger partial charge in [-0.25, -0.2) is 0 Å². The topological polar surface area (TPSA) is 29.1 Å². The Kier molecular flexibility index (Phi) is 4.09. The van der Waals surface area contributed by atoms with Crippen LogP contribution in [0, 0.1) is 0 Å². The Morgan fingerprint density at radius 3 is 2.52 bits per heavy atom. The zero-order valence-corrected chi connectivity index (χ0v) is 14.1. The molecule has 2 aromatic carbocycles. The summed E-state index contributed by atoms with van der Waals surface area (Å²) in [6.07, 6.45) is 3.87. The number of nitrogens with one attached hydrogen (secondary N) is 1. The second-order valence-electron chi connectivity index (χ2n) is 5.28. The lowest BCUT2D eigenvalue weighted by Gasteiger charge is -2.16. The number of anilines is 1. The first kappa shape index (κ1) is 14.7. The van der Waals surface area contributed by atoms with Crippen LogP contribution in [0.1, 0.15) is 18.4 Å². The summed E-state index contributed by atoms with van der Waals surface area (Å²) in [5, 5.41) is 3.07. The van der Waals surface area contributed by atoms with Gasteiger partial charge in [0.15, 0.2) is 0 Å². The van der Waals surface area contributed by atoms with E-state index in [1.165, 1.54) is 0 Å². The third kappa shape index (κ3) is 3.01. The molecule has 108 valence electrons. The number of benzene rings is 2. The van der Waals surface area contributed by atoms with Gasteiger partial charge in [0.25, 0.3) is 0 Å². The van der Waals surface area contributed by atoms with Crippen LogP contribution < -0.4 is 5.32 Å². The van der Waals surface area contributed by atoms with Crippen molar-refractivity contribution in [3.05, 3.63) is 58.6 Å². The lowest BCUT2D eigenvalue weighted by atomic mass is 9.95. The quantitative estimate of drug-likeness (QED) is 0.789. The molecule has 0 saturated heterocycles. The fourth-order valence-corrected chi connectivity index (χ4v) is 3.22. The minimum atomic E-state index is -0.337. The van der Waals surface area contributed by atoms with E-state index in [9.17, 15) is 4.79 Å². The van der Waals surface area contributed by atoms with E-state index in [1.807, 2.05) is 54.8 Å². The smallest absolute Gasteiger partial charge is 0.235 e. The Balaban J connectivity index is 1.80. The summed E-state index contributed by atoms with van der Waals surface area (Å²) in [6.45, 7) is 0. The van der Waals surface area contributed by atoms with Crippen molar-refractivity contribution < 1.29 is 4.79 Å². The minimum absolute atomic E-state index is 0.100. The molecule has 1 aliphatic carbocycles. The number of amides is 1. The van der Waals surface area contributed by atoms with E-state index in [4.69, 9.17) is 0 Å². The molecule has 1 amide bonds. The summed E-state index contributed by atoms with van der Waals surface area (Å²) < 4.78 is 1.04. The Morgan fingerprint density at radius 2 is 1.90 bits per heavy atom. The lowest BCUT2D eigenvalue weighted by Crippen LogP contribution is -2.27. The van der Waals surface area contributed by atoms with Crippen molar-refractivity contribution in [2.45, 2.75) is 23.2 Å². The van der Waals surface area contributed by atoms with Crippen LogP contribution in [0.2, 0.25) is 0 Å². The molecule has 1 saturated carbocycles. The van der Waals surface area contributed by atoms with Crippen molar-refractivity contribution in [3.8, 4) is 0 Å². The van der Waals surface area contributed by atoms with Gasteiger partial charge in [0, 0.05) is 15.1 Å². The highest BCUT2D eigenvalue weighted by Crippen LogP contribution is 2.49. The van der Waals surface area contributed by atoms with E-state index >= 15 is 0 Å². The molecule has 0 heterocycles. The van der Waals surface area contributed by atoms with Crippen molar-refractivity contribution in [1.82, 2.24) is 0 Å². The van der Waals surface area contributed by atoms with Crippen molar-refractivity contribution in [2.24, 2.45) is 0 Å². The Labute approximate surface area is 137 Å². The zero-order valence-electron chi connectivity index (χ0n) is 11.7. The van der Waals surface area contributed by atoms with Gasteiger partial charge in [-0.15, -0.1) is 11.8 Å². The van der Waals surface area contributed by atoms with Crippen molar-refractivity contribution >= 4 is 39.3 Å². The molecule has 0 bridgehead atoms. The molecule has 2 aromatic rings. The maximum Gasteiger partial charge on any atom is 0.235 e. The molecule has 3 rings (SSSR count). The van der Waals surface area contributed by atoms with Crippen LogP contribution in [-0.4, -0.2) is 12.2 Å². The standard InChI is InChI=1S/C17H16BrNOS/c1-21-15-4-2-3-14(11-15)19-16(20)17(9-10-17)12-5-7-13(18)8-6-12/h2-8,11H,9-10H2,1H3,(H,19,20). The molecule has 21 heavy (non-hydrogen) atoms. The zero-order chi connectivity index (χ0) is 14.9. The van der Waals surface area contributed by atoms with E-state index in [0.717, 1.165) is 33.5 Å². The molecule has 0 unspecified atom stereocenters. The van der Waals surface area contributed by atoms with Gasteiger partial charge < -0.3 is 5.32 Å². The van der Waals surface area contributed by atoms with Crippen LogP contribution in [0.4, 0.5) is 5.69 Å². The van der Waals surface area contributed by atoms with Gasteiger partial charge in [0.05, 0.1) is 5.41 Å². The number of carbonyl (C=O) groups is 1. The summed E-state index contributed by atoms with van der Waals surface area (Å²) in [4.78, 5) is 13.8. The Hall–Kier alpha value is -1.26. The first-order chi connectivity index (χ1) is 10.1. The van der Waals surface area contributed by atoms with Gasteiger partial charge in [-0.1, -0.05) is 34.1 Å². The third-order valence-electron chi connectivity index (χ3n) is 3.91. The molecule has 2 nitrogen and oxygen atoms in total. The van der Waals surface area contributed by atoms with Gasteiger partial charge in [-0.3, -0.25) is 4.79 Å². The highest BCUT2D eigenvalue weighted by molar-refractivity contribution is 9.10. The number of halogens is 1. The van der Waals surface area contributed by atoms with Gasteiger partial charge >= 0.3 is 0 Å². The van der Waals surface area contributed by atoms with E-state index in [2.05, 4.69) is 21.2 Å². The van der Waals surface area contributed by atoms with Crippen LogP contribution in [-0.2, 0) is 10.2 Å². The van der Waals surface area contributed by atoms with E-state index in [-0.39, 0.29) is 11.3 Å². The van der Waals surface area contributed by atoms with Crippen LogP contribution >= 0.6 is 27.7 Å². The molecule has 0 radical (unpaired) electrons. The normalized spacial score (nSPS) is 15.5. The van der Waals surface area contributed by atoms with Crippen molar-refractivity contribution in [1.29, 1.82) is 0 Å². The van der Waals surface area contributed by atoms with Crippen LogP contribution in [0.15, 0.2) is 57.9 Å². The molecule has 0 aliphatic heterocycles. The summed E-state index contributed by atoms with van der Waals surface area (Å²) in [5.41, 5.74) is 1.63. The maximum atomic E-state index is 12.7. The average molecular weight is 362 g/mol. The second-order valence-corrected chi connectivity index (χ2v) is 7.07. The fraction of sp³-hybridized carbons (Fsp3) is 0.235. The number of carbonyl (C=O) groups excluding carboxylic acids is 1. The first-order valence-electron chi connectivity index (χ1n) is 6.86. The Morgan fingerprint density at radius 1 is 1.19 bits per heavy atom. The van der Waals surface area contributed by atoms with Gasteiger partial charge in [0.2, 0.25) is 5.91 Å². The summed E-state index contributed by atoms with van der Waals surface area (Å²) >= 11 is 5.11. The molecule has 0 spiro atoms. The van der Waals surface area contributed by atoms with E-state index < -0.39 is 0 Å². The fourth-order valence-electron chi connectivity index (χ4n) is 2.49. The van der Waals surface area contributed by atoms with Gasteiger partial charge in [-0.2, -0.15) is 0 Å². The molecular weight excluding hydrogens is 346 g/mol.